The van der Waals surface area contributed by atoms with Gasteiger partial charge < -0.3 is 10.2 Å². The second-order valence-corrected chi connectivity index (χ2v) is 5.27. The molecule has 0 amide bonds. The Morgan fingerprint density at radius 1 is 1.29 bits per heavy atom. The number of nitrogens with two attached hydrogens (primary N) is 1. The molecule has 17 heavy (non-hydrogen) atoms. The maximum atomic E-state index is 6.29. The maximum absolute atomic E-state index is 6.29. The summed E-state index contributed by atoms with van der Waals surface area (Å²) in [4.78, 5) is 1.28. The van der Waals surface area contributed by atoms with Crippen LogP contribution in [0.5, 0.6) is 0 Å². The van der Waals surface area contributed by atoms with Crippen molar-refractivity contribution in [3.05, 3.63) is 58.0 Å². The molecule has 0 bridgehead atoms. The molecule has 2 heterocycles. The van der Waals surface area contributed by atoms with Crippen molar-refractivity contribution < 1.29 is 4.42 Å². The van der Waals surface area contributed by atoms with E-state index >= 15 is 0 Å². The lowest BCUT2D eigenvalue weighted by atomic mass is 10.0. The number of thiophene rings is 1. The van der Waals surface area contributed by atoms with Crippen LogP contribution in [0.25, 0.3) is 11.0 Å². The number of hydrogen-bond acceptors (Lipinski definition) is 3. The zero-order chi connectivity index (χ0) is 11.8. The predicted octanol–water partition coefficient (Wildman–Crippen LogP) is 3.85. The van der Waals surface area contributed by atoms with Gasteiger partial charge in [0.1, 0.15) is 5.58 Å². The van der Waals surface area contributed by atoms with Crippen LogP contribution in [-0.4, -0.2) is 0 Å². The number of para-hydroxylation sites is 1. The van der Waals surface area contributed by atoms with E-state index in [-0.39, 0.29) is 6.04 Å². The van der Waals surface area contributed by atoms with Crippen molar-refractivity contribution in [2.45, 2.75) is 13.0 Å². The van der Waals surface area contributed by atoms with Gasteiger partial charge in [-0.15, -0.1) is 11.3 Å². The molecule has 0 aliphatic heterocycles. The molecule has 86 valence electrons. The van der Waals surface area contributed by atoms with Crippen LogP contribution in [0.4, 0.5) is 0 Å². The van der Waals surface area contributed by atoms with Crippen LogP contribution in [0.1, 0.15) is 22.0 Å². The van der Waals surface area contributed by atoms with Crippen molar-refractivity contribution in [3.63, 3.8) is 0 Å². The highest BCUT2D eigenvalue weighted by molar-refractivity contribution is 7.10. The van der Waals surface area contributed by atoms with Gasteiger partial charge in [-0.05, 0) is 30.0 Å². The third-order valence-electron chi connectivity index (χ3n) is 2.96. The Balaban J connectivity index is 2.09. The minimum atomic E-state index is -0.108. The normalized spacial score (nSPS) is 13.1. The van der Waals surface area contributed by atoms with Crippen LogP contribution in [0.2, 0.25) is 0 Å². The average molecular weight is 243 g/mol. The van der Waals surface area contributed by atoms with E-state index in [1.54, 1.807) is 17.6 Å². The molecule has 3 aromatic rings. The molecule has 0 spiro atoms. The molecular formula is C14H13NOS. The lowest BCUT2D eigenvalue weighted by Crippen LogP contribution is -2.10. The van der Waals surface area contributed by atoms with Gasteiger partial charge in [-0.1, -0.05) is 18.2 Å². The third-order valence-corrected chi connectivity index (χ3v) is 3.84. The quantitative estimate of drug-likeness (QED) is 0.742. The molecule has 0 fully saturated rings. The van der Waals surface area contributed by atoms with Crippen LogP contribution in [0, 0.1) is 6.92 Å². The SMILES string of the molecule is Cc1cc(C(N)c2coc3ccccc23)cs1. The summed E-state index contributed by atoms with van der Waals surface area (Å²) in [5, 5.41) is 3.21. The van der Waals surface area contributed by atoms with Gasteiger partial charge in [0.05, 0.1) is 12.3 Å². The fourth-order valence-corrected chi connectivity index (χ4v) is 2.79. The largest absolute Gasteiger partial charge is 0.464 e. The van der Waals surface area contributed by atoms with E-state index in [9.17, 15) is 0 Å². The average Bonchev–Trinajstić information content (AvgIpc) is 2.94. The first-order valence-corrected chi connectivity index (χ1v) is 6.40. The monoisotopic (exact) mass is 243 g/mol. The van der Waals surface area contributed by atoms with Crippen LogP contribution in [-0.2, 0) is 0 Å². The molecule has 0 aliphatic rings. The molecular weight excluding hydrogens is 230 g/mol. The summed E-state index contributed by atoms with van der Waals surface area (Å²) in [6.07, 6.45) is 1.77. The van der Waals surface area contributed by atoms with Crippen LogP contribution < -0.4 is 5.73 Å². The van der Waals surface area contributed by atoms with Crippen molar-refractivity contribution in [1.82, 2.24) is 0 Å². The Kier molecular flexibility index (Phi) is 2.50. The van der Waals surface area contributed by atoms with E-state index in [1.165, 1.54) is 4.88 Å². The fraction of sp³-hybridized carbons (Fsp3) is 0.143. The Morgan fingerprint density at radius 3 is 2.88 bits per heavy atom. The van der Waals surface area contributed by atoms with E-state index in [0.717, 1.165) is 22.1 Å². The highest BCUT2D eigenvalue weighted by Gasteiger charge is 2.15. The zero-order valence-electron chi connectivity index (χ0n) is 9.51. The van der Waals surface area contributed by atoms with Crippen molar-refractivity contribution >= 4 is 22.3 Å². The smallest absolute Gasteiger partial charge is 0.134 e. The van der Waals surface area contributed by atoms with Crippen molar-refractivity contribution in [2.75, 3.05) is 0 Å². The maximum Gasteiger partial charge on any atom is 0.134 e. The highest BCUT2D eigenvalue weighted by atomic mass is 32.1. The Bertz CT molecular complexity index is 653. The Morgan fingerprint density at radius 2 is 2.12 bits per heavy atom. The molecule has 0 aliphatic carbocycles. The first-order valence-electron chi connectivity index (χ1n) is 5.52. The molecule has 0 radical (unpaired) electrons. The summed E-state index contributed by atoms with van der Waals surface area (Å²) < 4.78 is 5.52. The molecule has 2 N–H and O–H groups in total. The number of furan rings is 1. The molecule has 1 atom stereocenters. The van der Waals surface area contributed by atoms with Gasteiger partial charge >= 0.3 is 0 Å². The van der Waals surface area contributed by atoms with Gasteiger partial charge in [0.2, 0.25) is 0 Å². The standard InChI is InChI=1S/C14H13NOS/c1-9-6-10(8-17-9)14(15)12-7-16-13-5-3-2-4-11(12)13/h2-8,14H,15H2,1H3. The fourth-order valence-electron chi connectivity index (χ4n) is 2.05. The number of rotatable bonds is 2. The molecule has 0 saturated heterocycles. The van der Waals surface area contributed by atoms with Gasteiger partial charge in [0.25, 0.3) is 0 Å². The zero-order valence-corrected chi connectivity index (χ0v) is 10.3. The number of aryl methyl sites for hydroxylation is 1. The molecule has 0 saturated carbocycles. The van der Waals surface area contributed by atoms with Crippen LogP contribution in [0.3, 0.4) is 0 Å². The van der Waals surface area contributed by atoms with Crippen LogP contribution in [0.15, 0.2) is 46.4 Å². The van der Waals surface area contributed by atoms with Gasteiger partial charge in [-0.25, -0.2) is 0 Å². The summed E-state index contributed by atoms with van der Waals surface area (Å²) >= 11 is 1.72. The number of hydrogen-bond donors (Lipinski definition) is 1. The lowest BCUT2D eigenvalue weighted by Gasteiger charge is -2.07. The first-order chi connectivity index (χ1) is 8.25. The van der Waals surface area contributed by atoms with Gasteiger partial charge in [-0.2, -0.15) is 0 Å². The molecule has 2 nitrogen and oxygen atoms in total. The third kappa shape index (κ3) is 1.77. The van der Waals surface area contributed by atoms with Crippen molar-refractivity contribution in [1.29, 1.82) is 0 Å². The number of benzene rings is 1. The summed E-state index contributed by atoms with van der Waals surface area (Å²) in [6, 6.07) is 10.0. The minimum Gasteiger partial charge on any atom is -0.464 e. The summed E-state index contributed by atoms with van der Waals surface area (Å²) in [6.45, 7) is 2.09. The molecule has 1 aromatic carbocycles. The second kappa shape index (κ2) is 4.02. The van der Waals surface area contributed by atoms with Gasteiger partial charge in [-0.3, -0.25) is 0 Å². The summed E-state index contributed by atoms with van der Waals surface area (Å²) in [7, 11) is 0. The molecule has 1 unspecified atom stereocenters. The Labute approximate surface area is 104 Å². The van der Waals surface area contributed by atoms with Crippen molar-refractivity contribution in [2.24, 2.45) is 5.73 Å². The first kappa shape index (κ1) is 10.6. The van der Waals surface area contributed by atoms with E-state index in [4.69, 9.17) is 10.2 Å². The van der Waals surface area contributed by atoms with Gasteiger partial charge in [0, 0.05) is 15.8 Å². The summed E-state index contributed by atoms with van der Waals surface area (Å²) in [5.41, 5.74) is 9.39. The molecule has 2 aromatic heterocycles. The van der Waals surface area contributed by atoms with E-state index in [2.05, 4.69) is 18.4 Å². The summed E-state index contributed by atoms with van der Waals surface area (Å²) in [5.74, 6) is 0. The van der Waals surface area contributed by atoms with E-state index in [1.807, 2.05) is 24.3 Å². The lowest BCUT2D eigenvalue weighted by molar-refractivity contribution is 0.607. The van der Waals surface area contributed by atoms with E-state index < -0.39 is 0 Å². The van der Waals surface area contributed by atoms with Crippen molar-refractivity contribution in [3.8, 4) is 0 Å². The second-order valence-electron chi connectivity index (χ2n) is 4.16. The van der Waals surface area contributed by atoms with Crippen LogP contribution >= 0.6 is 11.3 Å². The van der Waals surface area contributed by atoms with E-state index in [0.29, 0.717) is 0 Å². The molecule has 3 heteroatoms. The Hall–Kier alpha value is -1.58. The predicted molar refractivity (Wildman–Crippen MR) is 71.3 cm³/mol. The molecule has 3 rings (SSSR count). The highest BCUT2D eigenvalue weighted by Crippen LogP contribution is 2.30. The topological polar surface area (TPSA) is 39.2 Å². The van der Waals surface area contributed by atoms with Gasteiger partial charge in [0.15, 0.2) is 0 Å². The number of fused-ring (bicyclic) bond motifs is 1. The minimum absolute atomic E-state index is 0.108.